The smallest absolute Gasteiger partial charge is 0.247 e. The highest BCUT2D eigenvalue weighted by molar-refractivity contribution is 9.10. The van der Waals surface area contributed by atoms with Gasteiger partial charge in [0.1, 0.15) is 5.54 Å². The first kappa shape index (κ1) is 14.6. The van der Waals surface area contributed by atoms with Gasteiger partial charge in [-0.25, -0.2) is 0 Å². The minimum absolute atomic E-state index is 0.387. The Kier molecular flexibility index (Phi) is 4.45. The standard InChI is InChI=1S/C16H17BrN2O/c1-2-16(15(18)20,12-8-4-3-5-9-12)19-14-11-7-6-10-13(14)17/h3-11,19H,2H2,1H3,(H2,18,20). The lowest BCUT2D eigenvalue weighted by Gasteiger charge is -2.32. The molecule has 0 aliphatic heterocycles. The van der Waals surface area contributed by atoms with Gasteiger partial charge in [0.15, 0.2) is 0 Å². The molecular weight excluding hydrogens is 316 g/mol. The second-order valence-electron chi connectivity index (χ2n) is 4.59. The van der Waals surface area contributed by atoms with E-state index in [-0.39, 0.29) is 5.91 Å². The molecule has 0 radical (unpaired) electrons. The van der Waals surface area contributed by atoms with Crippen molar-refractivity contribution in [2.24, 2.45) is 5.73 Å². The van der Waals surface area contributed by atoms with E-state index >= 15 is 0 Å². The summed E-state index contributed by atoms with van der Waals surface area (Å²) in [5.41, 5.74) is 6.49. The normalized spacial score (nSPS) is 13.5. The maximum atomic E-state index is 12.1. The largest absolute Gasteiger partial charge is 0.367 e. The van der Waals surface area contributed by atoms with Crippen molar-refractivity contribution in [3.05, 3.63) is 64.6 Å². The lowest BCUT2D eigenvalue weighted by atomic mass is 9.86. The summed E-state index contributed by atoms with van der Waals surface area (Å²) in [5, 5.41) is 3.30. The molecule has 0 bridgehead atoms. The van der Waals surface area contributed by atoms with E-state index in [9.17, 15) is 4.79 Å². The number of anilines is 1. The van der Waals surface area contributed by atoms with Gasteiger partial charge in [-0.15, -0.1) is 0 Å². The molecule has 1 unspecified atom stereocenters. The van der Waals surface area contributed by atoms with E-state index in [2.05, 4.69) is 21.2 Å². The van der Waals surface area contributed by atoms with Gasteiger partial charge in [-0.3, -0.25) is 4.79 Å². The predicted molar refractivity (Wildman–Crippen MR) is 85.4 cm³/mol. The highest BCUT2D eigenvalue weighted by Crippen LogP contribution is 2.32. The molecule has 0 spiro atoms. The lowest BCUT2D eigenvalue weighted by molar-refractivity contribution is -0.122. The van der Waals surface area contributed by atoms with Gasteiger partial charge < -0.3 is 11.1 Å². The first-order valence-electron chi connectivity index (χ1n) is 6.48. The third-order valence-corrected chi connectivity index (χ3v) is 4.13. The summed E-state index contributed by atoms with van der Waals surface area (Å²) in [6.45, 7) is 1.95. The number of para-hydroxylation sites is 1. The van der Waals surface area contributed by atoms with Crippen LogP contribution in [0.2, 0.25) is 0 Å². The fourth-order valence-corrected chi connectivity index (χ4v) is 2.64. The van der Waals surface area contributed by atoms with Crippen molar-refractivity contribution in [2.45, 2.75) is 18.9 Å². The average molecular weight is 333 g/mol. The zero-order valence-corrected chi connectivity index (χ0v) is 12.9. The van der Waals surface area contributed by atoms with Crippen molar-refractivity contribution in [3.8, 4) is 0 Å². The Balaban J connectivity index is 2.49. The first-order chi connectivity index (χ1) is 9.60. The molecule has 3 N–H and O–H groups in total. The maximum absolute atomic E-state index is 12.1. The predicted octanol–water partition coefficient (Wildman–Crippen LogP) is 3.65. The van der Waals surface area contributed by atoms with Crippen LogP contribution in [0.25, 0.3) is 0 Å². The van der Waals surface area contributed by atoms with Crippen LogP contribution in [0.15, 0.2) is 59.1 Å². The summed E-state index contributed by atoms with van der Waals surface area (Å²) < 4.78 is 0.898. The van der Waals surface area contributed by atoms with Crippen molar-refractivity contribution in [1.29, 1.82) is 0 Å². The Hall–Kier alpha value is -1.81. The Morgan fingerprint density at radius 1 is 1.15 bits per heavy atom. The van der Waals surface area contributed by atoms with Crippen LogP contribution in [0, 0.1) is 0 Å². The number of primary amides is 1. The molecule has 4 heteroatoms. The summed E-state index contributed by atoms with van der Waals surface area (Å²) in [6.07, 6.45) is 0.563. The Labute approximate surface area is 127 Å². The molecule has 2 rings (SSSR count). The monoisotopic (exact) mass is 332 g/mol. The summed E-state index contributed by atoms with van der Waals surface area (Å²) in [7, 11) is 0. The molecule has 2 aromatic rings. The molecule has 0 saturated carbocycles. The van der Waals surface area contributed by atoms with Gasteiger partial charge in [0.25, 0.3) is 0 Å². The molecule has 0 aromatic heterocycles. The van der Waals surface area contributed by atoms with Crippen molar-refractivity contribution in [2.75, 3.05) is 5.32 Å². The molecular formula is C16H17BrN2O. The number of hydrogen-bond donors (Lipinski definition) is 2. The van der Waals surface area contributed by atoms with Crippen molar-refractivity contribution in [1.82, 2.24) is 0 Å². The number of carbonyl (C=O) groups is 1. The number of benzene rings is 2. The molecule has 1 atom stereocenters. The second kappa shape index (κ2) is 6.09. The zero-order chi connectivity index (χ0) is 14.6. The van der Waals surface area contributed by atoms with Gasteiger partial charge in [-0.1, -0.05) is 49.4 Å². The van der Waals surface area contributed by atoms with Gasteiger partial charge >= 0.3 is 0 Å². The fourth-order valence-electron chi connectivity index (χ4n) is 2.26. The molecule has 0 saturated heterocycles. The minimum Gasteiger partial charge on any atom is -0.367 e. The summed E-state index contributed by atoms with van der Waals surface area (Å²) >= 11 is 3.49. The zero-order valence-electron chi connectivity index (χ0n) is 11.3. The third-order valence-electron chi connectivity index (χ3n) is 3.44. The summed E-state index contributed by atoms with van der Waals surface area (Å²) in [4.78, 5) is 12.1. The highest BCUT2D eigenvalue weighted by atomic mass is 79.9. The highest BCUT2D eigenvalue weighted by Gasteiger charge is 2.36. The number of rotatable bonds is 5. The van der Waals surface area contributed by atoms with Crippen molar-refractivity contribution >= 4 is 27.5 Å². The van der Waals surface area contributed by atoms with Gasteiger partial charge in [0, 0.05) is 10.2 Å². The molecule has 0 aliphatic rings. The van der Waals surface area contributed by atoms with Gasteiger partial charge in [-0.2, -0.15) is 0 Å². The molecule has 2 aromatic carbocycles. The number of nitrogens with one attached hydrogen (secondary N) is 1. The Morgan fingerprint density at radius 2 is 1.75 bits per heavy atom. The van der Waals surface area contributed by atoms with E-state index in [1.165, 1.54) is 0 Å². The SMILES string of the molecule is CCC(Nc1ccccc1Br)(C(N)=O)c1ccccc1. The van der Waals surface area contributed by atoms with E-state index in [4.69, 9.17) is 5.73 Å². The van der Waals surface area contributed by atoms with E-state index in [0.717, 1.165) is 15.7 Å². The van der Waals surface area contributed by atoms with Gasteiger partial charge in [-0.05, 0) is 40.0 Å². The van der Waals surface area contributed by atoms with Crippen LogP contribution in [0.4, 0.5) is 5.69 Å². The van der Waals surface area contributed by atoms with Crippen molar-refractivity contribution in [3.63, 3.8) is 0 Å². The quantitative estimate of drug-likeness (QED) is 0.877. The van der Waals surface area contributed by atoms with Gasteiger partial charge in [0.2, 0.25) is 5.91 Å². The summed E-state index contributed by atoms with van der Waals surface area (Å²) in [6, 6.07) is 17.2. The maximum Gasteiger partial charge on any atom is 0.247 e. The van der Waals surface area contributed by atoms with E-state index in [1.54, 1.807) is 0 Å². The van der Waals surface area contributed by atoms with Crippen LogP contribution < -0.4 is 11.1 Å². The lowest BCUT2D eigenvalue weighted by Crippen LogP contribution is -2.47. The van der Waals surface area contributed by atoms with E-state index in [1.807, 2.05) is 61.5 Å². The summed E-state index contributed by atoms with van der Waals surface area (Å²) in [5.74, 6) is -0.387. The molecule has 20 heavy (non-hydrogen) atoms. The third kappa shape index (κ3) is 2.70. The van der Waals surface area contributed by atoms with E-state index in [0.29, 0.717) is 6.42 Å². The fraction of sp³-hybridized carbons (Fsp3) is 0.188. The topological polar surface area (TPSA) is 55.1 Å². The molecule has 0 fully saturated rings. The van der Waals surface area contributed by atoms with Crippen LogP contribution in [-0.2, 0) is 10.3 Å². The van der Waals surface area contributed by atoms with Crippen LogP contribution in [0.3, 0.4) is 0 Å². The minimum atomic E-state index is -0.912. The number of amides is 1. The Morgan fingerprint density at radius 3 is 2.30 bits per heavy atom. The second-order valence-corrected chi connectivity index (χ2v) is 5.45. The molecule has 0 heterocycles. The number of hydrogen-bond acceptors (Lipinski definition) is 2. The van der Waals surface area contributed by atoms with Crippen LogP contribution in [0.1, 0.15) is 18.9 Å². The molecule has 1 amide bonds. The van der Waals surface area contributed by atoms with Crippen LogP contribution in [-0.4, -0.2) is 5.91 Å². The number of halogens is 1. The Bertz CT molecular complexity index is 600. The molecule has 3 nitrogen and oxygen atoms in total. The number of carbonyl (C=O) groups excluding carboxylic acids is 1. The van der Waals surface area contributed by atoms with Crippen molar-refractivity contribution < 1.29 is 4.79 Å². The van der Waals surface area contributed by atoms with Gasteiger partial charge in [0.05, 0.1) is 0 Å². The van der Waals surface area contributed by atoms with Crippen LogP contribution >= 0.6 is 15.9 Å². The molecule has 104 valence electrons. The first-order valence-corrected chi connectivity index (χ1v) is 7.27. The average Bonchev–Trinajstić information content (AvgIpc) is 2.47. The molecule has 0 aliphatic carbocycles. The van der Waals surface area contributed by atoms with Crippen LogP contribution in [0.5, 0.6) is 0 Å². The number of nitrogens with two attached hydrogens (primary N) is 1. The van der Waals surface area contributed by atoms with E-state index < -0.39 is 5.54 Å².